The van der Waals surface area contributed by atoms with Crippen LogP contribution in [0.4, 0.5) is 11.4 Å². The summed E-state index contributed by atoms with van der Waals surface area (Å²) >= 11 is 0. The molecule has 1 saturated carbocycles. The highest BCUT2D eigenvalue weighted by Crippen LogP contribution is 2.30. The lowest BCUT2D eigenvalue weighted by molar-refractivity contribution is -0.384. The number of nitro groups is 1. The van der Waals surface area contributed by atoms with Crippen molar-refractivity contribution >= 4 is 11.4 Å². The van der Waals surface area contributed by atoms with Crippen molar-refractivity contribution in [3.05, 3.63) is 33.9 Å². The molecule has 1 fully saturated rings. The van der Waals surface area contributed by atoms with Crippen molar-refractivity contribution in [3.8, 4) is 6.07 Å². The average molecular weight is 261 g/mol. The maximum atomic E-state index is 10.6. The molecule has 0 heterocycles. The number of hydrogen-bond acceptors (Lipinski definition) is 5. The lowest BCUT2D eigenvalue weighted by atomic mass is 10.0. The number of rotatable bonds is 4. The minimum absolute atomic E-state index is 0.110. The maximum absolute atomic E-state index is 10.6. The van der Waals surface area contributed by atoms with Gasteiger partial charge in [-0.05, 0) is 18.9 Å². The highest BCUT2D eigenvalue weighted by atomic mass is 16.6. The first kappa shape index (κ1) is 13.3. The number of nitrogens with one attached hydrogen (secondary N) is 1. The van der Waals surface area contributed by atoms with E-state index in [1.165, 1.54) is 18.2 Å². The van der Waals surface area contributed by atoms with Crippen LogP contribution in [0.5, 0.6) is 0 Å². The van der Waals surface area contributed by atoms with Crippen LogP contribution in [0.2, 0.25) is 0 Å². The molecule has 2 rings (SSSR count). The van der Waals surface area contributed by atoms with Crippen LogP contribution in [0.3, 0.4) is 0 Å². The van der Waals surface area contributed by atoms with Gasteiger partial charge in [-0.25, -0.2) is 0 Å². The summed E-state index contributed by atoms with van der Waals surface area (Å²) in [7, 11) is 0. The number of nitro benzene ring substituents is 1. The van der Waals surface area contributed by atoms with Crippen molar-refractivity contribution in [3.63, 3.8) is 0 Å². The Morgan fingerprint density at radius 3 is 2.74 bits per heavy atom. The van der Waals surface area contributed by atoms with Crippen molar-refractivity contribution in [1.29, 1.82) is 5.26 Å². The zero-order valence-corrected chi connectivity index (χ0v) is 10.4. The van der Waals surface area contributed by atoms with Crippen molar-refractivity contribution in [2.45, 2.75) is 31.3 Å². The van der Waals surface area contributed by atoms with E-state index < -0.39 is 10.5 Å². The molecule has 100 valence electrons. The van der Waals surface area contributed by atoms with Crippen molar-refractivity contribution in [2.24, 2.45) is 0 Å². The molecule has 0 bridgehead atoms. The summed E-state index contributed by atoms with van der Waals surface area (Å²) in [6.07, 6.45) is 3.50. The molecule has 1 aromatic carbocycles. The Bertz CT molecular complexity index is 530. The van der Waals surface area contributed by atoms with Gasteiger partial charge in [-0.3, -0.25) is 10.1 Å². The number of non-ortho nitro benzene ring substituents is 1. The van der Waals surface area contributed by atoms with Crippen LogP contribution >= 0.6 is 0 Å². The molecule has 6 heteroatoms. The fraction of sp³-hybridized carbons (Fsp3) is 0.462. The predicted octanol–water partition coefficient (Wildman–Crippen LogP) is 2.18. The van der Waals surface area contributed by atoms with E-state index in [0.29, 0.717) is 12.2 Å². The third-order valence-electron chi connectivity index (χ3n) is 3.48. The van der Waals surface area contributed by atoms with Gasteiger partial charge in [-0.2, -0.15) is 5.26 Å². The number of aliphatic hydroxyl groups is 1. The molecular formula is C13H15N3O3. The first-order valence-corrected chi connectivity index (χ1v) is 6.19. The van der Waals surface area contributed by atoms with Crippen LogP contribution in [-0.2, 0) is 0 Å². The van der Waals surface area contributed by atoms with Gasteiger partial charge in [0.1, 0.15) is 6.07 Å². The van der Waals surface area contributed by atoms with Gasteiger partial charge in [0.25, 0.3) is 5.69 Å². The molecular weight excluding hydrogens is 246 g/mol. The van der Waals surface area contributed by atoms with E-state index in [1.807, 2.05) is 6.07 Å². The summed E-state index contributed by atoms with van der Waals surface area (Å²) in [4.78, 5) is 10.1. The number of anilines is 1. The highest BCUT2D eigenvalue weighted by Gasteiger charge is 2.30. The molecule has 1 aliphatic carbocycles. The van der Waals surface area contributed by atoms with Crippen molar-refractivity contribution in [1.82, 2.24) is 0 Å². The third-order valence-corrected chi connectivity index (χ3v) is 3.48. The summed E-state index contributed by atoms with van der Waals surface area (Å²) in [6.45, 7) is 0.361. The molecule has 0 amide bonds. The molecule has 0 radical (unpaired) electrons. The zero-order chi connectivity index (χ0) is 13.9. The summed E-state index contributed by atoms with van der Waals surface area (Å²) in [5, 5.41) is 32.9. The van der Waals surface area contributed by atoms with E-state index in [1.54, 1.807) is 0 Å². The second-order valence-corrected chi connectivity index (χ2v) is 4.88. The second-order valence-electron chi connectivity index (χ2n) is 4.88. The fourth-order valence-electron chi connectivity index (χ4n) is 2.36. The van der Waals surface area contributed by atoms with Gasteiger partial charge >= 0.3 is 0 Å². The number of benzene rings is 1. The Morgan fingerprint density at radius 1 is 1.47 bits per heavy atom. The number of hydrogen-bond donors (Lipinski definition) is 2. The molecule has 1 aromatic rings. The van der Waals surface area contributed by atoms with Crippen LogP contribution in [-0.4, -0.2) is 22.2 Å². The first-order valence-electron chi connectivity index (χ1n) is 6.19. The van der Waals surface area contributed by atoms with Gasteiger partial charge in [-0.1, -0.05) is 12.8 Å². The Labute approximate surface area is 110 Å². The van der Waals surface area contributed by atoms with Crippen molar-refractivity contribution in [2.75, 3.05) is 11.9 Å². The van der Waals surface area contributed by atoms with Crippen LogP contribution in [0.15, 0.2) is 18.2 Å². The largest absolute Gasteiger partial charge is 0.388 e. The summed E-state index contributed by atoms with van der Waals surface area (Å²) in [6, 6.07) is 6.03. The highest BCUT2D eigenvalue weighted by molar-refractivity contribution is 5.61. The van der Waals surface area contributed by atoms with Gasteiger partial charge < -0.3 is 10.4 Å². The van der Waals surface area contributed by atoms with Crippen LogP contribution in [0.25, 0.3) is 0 Å². The Hall–Kier alpha value is -2.13. The molecule has 2 N–H and O–H groups in total. The smallest absolute Gasteiger partial charge is 0.270 e. The van der Waals surface area contributed by atoms with E-state index in [4.69, 9.17) is 5.26 Å². The standard InChI is InChI=1S/C13H15N3O3/c14-8-10-7-11(16(18)19)3-4-12(10)15-9-13(17)5-1-2-6-13/h3-4,7,15,17H,1-2,5-6,9H2. The van der Waals surface area contributed by atoms with E-state index in [2.05, 4.69) is 5.32 Å². The van der Waals surface area contributed by atoms with Crippen LogP contribution < -0.4 is 5.32 Å². The summed E-state index contributed by atoms with van der Waals surface area (Å²) in [5.41, 5.74) is -0.0972. The molecule has 1 aliphatic rings. The number of nitriles is 1. The van der Waals surface area contributed by atoms with Crippen LogP contribution in [0, 0.1) is 21.4 Å². The lowest BCUT2D eigenvalue weighted by Gasteiger charge is -2.23. The zero-order valence-electron chi connectivity index (χ0n) is 10.4. The Morgan fingerprint density at radius 2 is 2.16 bits per heavy atom. The second kappa shape index (κ2) is 5.24. The number of nitrogens with zero attached hydrogens (tertiary/aromatic N) is 2. The SMILES string of the molecule is N#Cc1cc([N+](=O)[O-])ccc1NCC1(O)CCCC1. The molecule has 0 aromatic heterocycles. The van der Waals surface area contributed by atoms with Crippen molar-refractivity contribution < 1.29 is 10.0 Å². The Balaban J connectivity index is 2.12. The van der Waals surface area contributed by atoms with Gasteiger partial charge in [-0.15, -0.1) is 0 Å². The third kappa shape index (κ3) is 3.01. The minimum atomic E-state index is -0.728. The monoisotopic (exact) mass is 261 g/mol. The fourth-order valence-corrected chi connectivity index (χ4v) is 2.36. The molecule has 0 saturated heterocycles. The van der Waals surface area contributed by atoms with E-state index in [-0.39, 0.29) is 11.3 Å². The minimum Gasteiger partial charge on any atom is -0.388 e. The van der Waals surface area contributed by atoms with Gasteiger partial charge in [0.15, 0.2) is 0 Å². The van der Waals surface area contributed by atoms with E-state index >= 15 is 0 Å². The van der Waals surface area contributed by atoms with Gasteiger partial charge in [0.2, 0.25) is 0 Å². The van der Waals surface area contributed by atoms with E-state index in [0.717, 1.165) is 25.7 Å². The lowest BCUT2D eigenvalue weighted by Crippen LogP contribution is -2.33. The van der Waals surface area contributed by atoms with Crippen LogP contribution in [0.1, 0.15) is 31.2 Å². The summed E-state index contributed by atoms with van der Waals surface area (Å²) in [5.74, 6) is 0. The normalized spacial score (nSPS) is 16.8. The maximum Gasteiger partial charge on any atom is 0.270 e. The molecule has 6 nitrogen and oxygen atoms in total. The molecule has 0 aliphatic heterocycles. The predicted molar refractivity (Wildman–Crippen MR) is 69.7 cm³/mol. The topological polar surface area (TPSA) is 99.2 Å². The van der Waals surface area contributed by atoms with E-state index in [9.17, 15) is 15.2 Å². The molecule has 19 heavy (non-hydrogen) atoms. The Kier molecular flexibility index (Phi) is 3.67. The van der Waals surface area contributed by atoms with Gasteiger partial charge in [0, 0.05) is 18.7 Å². The molecule has 0 spiro atoms. The average Bonchev–Trinajstić information content (AvgIpc) is 2.83. The van der Waals surface area contributed by atoms with Gasteiger partial charge in [0.05, 0.1) is 21.8 Å². The molecule has 0 unspecified atom stereocenters. The molecule has 0 atom stereocenters. The first-order chi connectivity index (χ1) is 9.04. The quantitative estimate of drug-likeness (QED) is 0.639. The summed E-state index contributed by atoms with van der Waals surface area (Å²) < 4.78 is 0.